The Bertz CT molecular complexity index is 635. The summed E-state index contributed by atoms with van der Waals surface area (Å²) in [7, 11) is 0. The summed E-state index contributed by atoms with van der Waals surface area (Å²) in [6, 6.07) is 5.57. The number of nitrogens with one attached hydrogen (secondary N) is 2. The standard InChI is InChI=1S/C18H26N2O5/c1-12-7-6-8-14(13(12)2)20-15(21)11-24-16(22)9-10-19-17(23)25-18(3,4)5/h6-8H,9-11H2,1-5H3,(H,19,23)(H,20,21). The number of carbonyl (C=O) groups excluding carboxylic acids is 3. The topological polar surface area (TPSA) is 93.7 Å². The van der Waals surface area contributed by atoms with Gasteiger partial charge in [0, 0.05) is 12.2 Å². The smallest absolute Gasteiger partial charge is 0.407 e. The minimum Gasteiger partial charge on any atom is -0.456 e. The number of carbonyl (C=O) groups is 3. The predicted molar refractivity (Wildman–Crippen MR) is 94.4 cm³/mol. The second-order valence-electron chi connectivity index (χ2n) is 6.63. The molecule has 0 fully saturated rings. The van der Waals surface area contributed by atoms with Crippen molar-refractivity contribution in [1.82, 2.24) is 5.32 Å². The Labute approximate surface area is 148 Å². The third-order valence-corrected chi connectivity index (χ3v) is 3.24. The number of amides is 2. The fourth-order valence-electron chi connectivity index (χ4n) is 1.87. The average Bonchev–Trinajstić information content (AvgIpc) is 2.48. The molecule has 0 aliphatic rings. The SMILES string of the molecule is Cc1cccc(NC(=O)COC(=O)CCNC(=O)OC(C)(C)C)c1C. The molecule has 2 amide bonds. The zero-order chi connectivity index (χ0) is 19.0. The molecule has 0 bridgehead atoms. The van der Waals surface area contributed by atoms with Crippen molar-refractivity contribution in [2.24, 2.45) is 0 Å². The van der Waals surface area contributed by atoms with Crippen molar-refractivity contribution in [3.63, 3.8) is 0 Å². The van der Waals surface area contributed by atoms with Crippen molar-refractivity contribution >= 4 is 23.7 Å². The molecule has 0 heterocycles. The lowest BCUT2D eigenvalue weighted by atomic mass is 10.1. The summed E-state index contributed by atoms with van der Waals surface area (Å²) in [6.45, 7) is 8.78. The van der Waals surface area contributed by atoms with Gasteiger partial charge >= 0.3 is 12.1 Å². The maximum atomic E-state index is 11.8. The van der Waals surface area contributed by atoms with Gasteiger partial charge in [-0.2, -0.15) is 0 Å². The molecule has 1 aromatic carbocycles. The van der Waals surface area contributed by atoms with E-state index in [9.17, 15) is 14.4 Å². The summed E-state index contributed by atoms with van der Waals surface area (Å²) in [5.41, 5.74) is 2.11. The number of aryl methyl sites for hydroxylation is 1. The van der Waals surface area contributed by atoms with E-state index in [4.69, 9.17) is 9.47 Å². The number of ether oxygens (including phenoxy) is 2. The first kappa shape index (κ1) is 20.5. The molecule has 2 N–H and O–H groups in total. The Hall–Kier alpha value is -2.57. The number of rotatable bonds is 6. The van der Waals surface area contributed by atoms with Crippen molar-refractivity contribution in [3.8, 4) is 0 Å². The third-order valence-electron chi connectivity index (χ3n) is 3.24. The molecular weight excluding hydrogens is 324 g/mol. The van der Waals surface area contributed by atoms with Gasteiger partial charge in [0.2, 0.25) is 0 Å². The second-order valence-corrected chi connectivity index (χ2v) is 6.63. The van der Waals surface area contributed by atoms with Crippen LogP contribution in [0, 0.1) is 13.8 Å². The van der Waals surface area contributed by atoms with Crippen LogP contribution in [0.3, 0.4) is 0 Å². The molecule has 7 nitrogen and oxygen atoms in total. The van der Waals surface area contributed by atoms with Gasteiger partial charge in [-0.25, -0.2) is 4.79 Å². The van der Waals surface area contributed by atoms with Crippen LogP contribution in [0.15, 0.2) is 18.2 Å². The summed E-state index contributed by atoms with van der Waals surface area (Å²) in [4.78, 5) is 34.9. The maximum absolute atomic E-state index is 11.8. The quantitative estimate of drug-likeness (QED) is 0.769. The monoisotopic (exact) mass is 350 g/mol. The van der Waals surface area contributed by atoms with Crippen molar-refractivity contribution in [1.29, 1.82) is 0 Å². The fourth-order valence-corrected chi connectivity index (χ4v) is 1.87. The van der Waals surface area contributed by atoms with E-state index < -0.39 is 23.6 Å². The van der Waals surface area contributed by atoms with Gasteiger partial charge in [-0.1, -0.05) is 12.1 Å². The van der Waals surface area contributed by atoms with E-state index in [1.54, 1.807) is 26.8 Å². The maximum Gasteiger partial charge on any atom is 0.407 e. The molecule has 0 unspecified atom stereocenters. The number of esters is 1. The minimum absolute atomic E-state index is 0.0456. The fraction of sp³-hybridized carbons (Fsp3) is 0.500. The van der Waals surface area contributed by atoms with Crippen LogP contribution < -0.4 is 10.6 Å². The number of hydrogen-bond donors (Lipinski definition) is 2. The van der Waals surface area contributed by atoms with E-state index in [0.29, 0.717) is 5.69 Å². The normalized spacial score (nSPS) is 10.8. The van der Waals surface area contributed by atoms with Gasteiger partial charge in [-0.15, -0.1) is 0 Å². The molecule has 0 atom stereocenters. The largest absolute Gasteiger partial charge is 0.456 e. The third kappa shape index (κ3) is 8.19. The van der Waals surface area contributed by atoms with Gasteiger partial charge in [0.15, 0.2) is 6.61 Å². The lowest BCUT2D eigenvalue weighted by Crippen LogP contribution is -2.34. The van der Waals surface area contributed by atoms with Crippen molar-refractivity contribution in [2.45, 2.75) is 46.6 Å². The first-order valence-corrected chi connectivity index (χ1v) is 8.07. The highest BCUT2D eigenvalue weighted by Crippen LogP contribution is 2.17. The van der Waals surface area contributed by atoms with Crippen LogP contribution in [-0.2, 0) is 19.1 Å². The van der Waals surface area contributed by atoms with Gasteiger partial charge in [0.1, 0.15) is 5.60 Å². The first-order valence-electron chi connectivity index (χ1n) is 8.07. The highest BCUT2D eigenvalue weighted by Gasteiger charge is 2.16. The number of hydrogen-bond acceptors (Lipinski definition) is 5. The Balaban J connectivity index is 2.28. The van der Waals surface area contributed by atoms with E-state index in [0.717, 1.165) is 11.1 Å². The Morgan fingerprint density at radius 3 is 2.44 bits per heavy atom. The number of benzene rings is 1. The molecule has 0 saturated carbocycles. The molecule has 1 rings (SSSR count). The van der Waals surface area contributed by atoms with E-state index in [1.165, 1.54) is 0 Å². The van der Waals surface area contributed by atoms with Crippen molar-refractivity contribution in [2.75, 3.05) is 18.5 Å². The van der Waals surface area contributed by atoms with Crippen molar-refractivity contribution < 1.29 is 23.9 Å². The Kier molecular flexibility index (Phi) is 7.42. The summed E-state index contributed by atoms with van der Waals surface area (Å²) in [6.07, 6.45) is -0.649. The summed E-state index contributed by atoms with van der Waals surface area (Å²) in [5, 5.41) is 5.15. The Morgan fingerprint density at radius 1 is 1.12 bits per heavy atom. The molecule has 0 radical (unpaired) electrons. The Morgan fingerprint density at radius 2 is 1.80 bits per heavy atom. The van der Waals surface area contributed by atoms with Gasteiger partial charge in [-0.05, 0) is 51.8 Å². The number of anilines is 1. The van der Waals surface area contributed by atoms with E-state index >= 15 is 0 Å². The van der Waals surface area contributed by atoms with E-state index in [-0.39, 0.29) is 19.6 Å². The van der Waals surface area contributed by atoms with Gasteiger partial charge < -0.3 is 20.1 Å². The van der Waals surface area contributed by atoms with Crippen LogP contribution in [0.4, 0.5) is 10.5 Å². The molecule has 0 aliphatic heterocycles. The molecule has 1 aromatic rings. The summed E-state index contributed by atoms with van der Waals surface area (Å²) >= 11 is 0. The van der Waals surface area contributed by atoms with Crippen molar-refractivity contribution in [3.05, 3.63) is 29.3 Å². The van der Waals surface area contributed by atoms with Gasteiger partial charge in [0.05, 0.1) is 6.42 Å². The molecule has 7 heteroatoms. The van der Waals surface area contributed by atoms with E-state index in [1.807, 2.05) is 26.0 Å². The lowest BCUT2D eigenvalue weighted by Gasteiger charge is -2.19. The number of alkyl carbamates (subject to hydrolysis) is 1. The van der Waals surface area contributed by atoms with Gasteiger partial charge in [-0.3, -0.25) is 9.59 Å². The van der Waals surface area contributed by atoms with E-state index in [2.05, 4.69) is 10.6 Å². The zero-order valence-electron chi connectivity index (χ0n) is 15.4. The predicted octanol–water partition coefficient (Wildman–Crippen LogP) is 2.70. The molecule has 138 valence electrons. The summed E-state index contributed by atoms with van der Waals surface area (Å²) < 4.78 is 9.92. The first-order chi connectivity index (χ1) is 11.6. The molecule has 0 aromatic heterocycles. The second kappa shape index (κ2) is 9.05. The van der Waals surface area contributed by atoms with Crippen LogP contribution in [0.5, 0.6) is 0 Å². The van der Waals surface area contributed by atoms with Crippen LogP contribution in [0.25, 0.3) is 0 Å². The average molecular weight is 350 g/mol. The van der Waals surface area contributed by atoms with Crippen LogP contribution in [0.1, 0.15) is 38.3 Å². The molecular formula is C18H26N2O5. The lowest BCUT2D eigenvalue weighted by molar-refractivity contribution is -0.147. The van der Waals surface area contributed by atoms with Crippen LogP contribution >= 0.6 is 0 Å². The highest BCUT2D eigenvalue weighted by atomic mass is 16.6. The zero-order valence-corrected chi connectivity index (χ0v) is 15.4. The van der Waals surface area contributed by atoms with Crippen LogP contribution in [0.2, 0.25) is 0 Å². The summed E-state index contributed by atoms with van der Waals surface area (Å²) in [5.74, 6) is -0.991. The highest BCUT2D eigenvalue weighted by molar-refractivity contribution is 5.93. The molecule has 25 heavy (non-hydrogen) atoms. The van der Waals surface area contributed by atoms with Gasteiger partial charge in [0.25, 0.3) is 5.91 Å². The molecule has 0 spiro atoms. The van der Waals surface area contributed by atoms with Crippen LogP contribution in [-0.4, -0.2) is 36.7 Å². The molecule has 0 saturated heterocycles. The minimum atomic E-state index is -0.604. The molecule has 0 aliphatic carbocycles.